The summed E-state index contributed by atoms with van der Waals surface area (Å²) in [5.41, 5.74) is 1.87. The van der Waals surface area contributed by atoms with Crippen LogP contribution in [0.3, 0.4) is 0 Å². The Morgan fingerprint density at radius 1 is 1.11 bits per heavy atom. The molecule has 0 aliphatic carbocycles. The lowest BCUT2D eigenvalue weighted by Crippen LogP contribution is -2.20. The van der Waals surface area contributed by atoms with Crippen LogP contribution in [0.15, 0.2) is 24.3 Å². The van der Waals surface area contributed by atoms with Gasteiger partial charge in [0, 0.05) is 18.8 Å². The molecule has 0 saturated carbocycles. The molecule has 3 aromatic rings. The van der Waals surface area contributed by atoms with Crippen molar-refractivity contribution in [2.75, 3.05) is 29.0 Å². The number of carbonyl (C=O) groups excluding carboxylic acids is 1. The fraction of sp³-hybridized carbons (Fsp3) is 0.389. The molecule has 28 heavy (non-hydrogen) atoms. The number of benzene rings is 1. The molecule has 1 amide bonds. The predicted octanol–water partition coefficient (Wildman–Crippen LogP) is 2.72. The van der Waals surface area contributed by atoms with Crippen LogP contribution in [0.2, 0.25) is 0 Å². The van der Waals surface area contributed by atoms with Gasteiger partial charge in [-0.15, -0.1) is 5.10 Å². The van der Waals surface area contributed by atoms with Gasteiger partial charge in [0.25, 0.3) is 5.78 Å². The molecule has 1 aromatic carbocycles. The van der Waals surface area contributed by atoms with E-state index in [4.69, 9.17) is 12.2 Å². The van der Waals surface area contributed by atoms with Crippen molar-refractivity contribution in [2.24, 2.45) is 0 Å². The van der Waals surface area contributed by atoms with E-state index < -0.39 is 0 Å². The molecule has 0 fully saturated rings. The Balaban J connectivity index is 1.90. The highest BCUT2D eigenvalue weighted by Crippen LogP contribution is 2.16. The number of carbonyl (C=O) groups is 1. The van der Waals surface area contributed by atoms with Crippen LogP contribution in [0, 0.1) is 4.77 Å². The maximum atomic E-state index is 12.6. The number of aromatic nitrogens is 5. The molecule has 10 heteroatoms. The van der Waals surface area contributed by atoms with Crippen molar-refractivity contribution < 1.29 is 4.79 Å². The SMILES string of the molecule is CCNc1nc(NCC)n2c(=S)n(CC(=O)Nc3ccccc3CC)nc2n1. The Labute approximate surface area is 168 Å². The van der Waals surface area contributed by atoms with E-state index in [0.29, 0.717) is 35.5 Å². The minimum atomic E-state index is -0.203. The van der Waals surface area contributed by atoms with Crippen LogP contribution in [0.25, 0.3) is 5.78 Å². The predicted molar refractivity (Wildman–Crippen MR) is 112 cm³/mol. The van der Waals surface area contributed by atoms with Gasteiger partial charge in [0.1, 0.15) is 6.54 Å². The summed E-state index contributed by atoms with van der Waals surface area (Å²) in [4.78, 5) is 21.4. The molecular formula is C18H24N8OS. The second-order valence-electron chi connectivity index (χ2n) is 6.07. The van der Waals surface area contributed by atoms with E-state index in [2.05, 4.69) is 31.0 Å². The number of hydrogen-bond donors (Lipinski definition) is 3. The van der Waals surface area contributed by atoms with Crippen molar-refractivity contribution >= 4 is 41.5 Å². The molecule has 9 nitrogen and oxygen atoms in total. The number of fused-ring (bicyclic) bond motifs is 1. The molecule has 3 N–H and O–H groups in total. The number of amides is 1. The van der Waals surface area contributed by atoms with E-state index in [-0.39, 0.29) is 12.5 Å². The minimum absolute atomic E-state index is 0.0116. The molecule has 0 spiro atoms. The molecule has 0 aliphatic heterocycles. The fourth-order valence-corrected chi connectivity index (χ4v) is 3.09. The molecule has 148 valence electrons. The fourth-order valence-electron chi connectivity index (χ4n) is 2.82. The zero-order valence-electron chi connectivity index (χ0n) is 16.2. The van der Waals surface area contributed by atoms with E-state index in [1.54, 1.807) is 4.40 Å². The van der Waals surface area contributed by atoms with E-state index in [9.17, 15) is 4.79 Å². The Kier molecular flexibility index (Phi) is 6.19. The summed E-state index contributed by atoms with van der Waals surface area (Å²) in [5.74, 6) is 1.18. The van der Waals surface area contributed by atoms with Gasteiger partial charge < -0.3 is 16.0 Å². The molecular weight excluding hydrogens is 376 g/mol. The summed E-state index contributed by atoms with van der Waals surface area (Å²) in [6, 6.07) is 7.73. The van der Waals surface area contributed by atoms with Crippen molar-refractivity contribution in [1.82, 2.24) is 24.1 Å². The van der Waals surface area contributed by atoms with Gasteiger partial charge in [-0.1, -0.05) is 25.1 Å². The summed E-state index contributed by atoms with van der Waals surface area (Å²) in [6.07, 6.45) is 0.832. The summed E-state index contributed by atoms with van der Waals surface area (Å²) in [7, 11) is 0. The lowest BCUT2D eigenvalue weighted by atomic mass is 10.1. The van der Waals surface area contributed by atoms with Crippen LogP contribution in [0.4, 0.5) is 17.6 Å². The van der Waals surface area contributed by atoms with Gasteiger partial charge in [0.05, 0.1) is 0 Å². The quantitative estimate of drug-likeness (QED) is 0.500. The molecule has 0 radical (unpaired) electrons. The Bertz CT molecular complexity index is 1040. The second-order valence-corrected chi connectivity index (χ2v) is 6.43. The van der Waals surface area contributed by atoms with Crippen LogP contribution in [-0.4, -0.2) is 43.1 Å². The first-order valence-electron chi connectivity index (χ1n) is 9.30. The molecule has 3 rings (SSSR count). The zero-order valence-corrected chi connectivity index (χ0v) is 17.0. The van der Waals surface area contributed by atoms with Gasteiger partial charge in [-0.25, -0.2) is 9.08 Å². The Morgan fingerprint density at radius 3 is 2.57 bits per heavy atom. The highest BCUT2D eigenvalue weighted by atomic mass is 32.1. The first-order valence-corrected chi connectivity index (χ1v) is 9.71. The van der Waals surface area contributed by atoms with E-state index >= 15 is 0 Å². The number of hydrogen-bond acceptors (Lipinski definition) is 7. The smallest absolute Gasteiger partial charge is 0.259 e. The first kappa shape index (κ1) is 19.7. The van der Waals surface area contributed by atoms with Gasteiger partial charge >= 0.3 is 0 Å². The van der Waals surface area contributed by atoms with E-state index in [1.165, 1.54) is 4.68 Å². The summed E-state index contributed by atoms with van der Waals surface area (Å²) < 4.78 is 3.44. The lowest BCUT2D eigenvalue weighted by Gasteiger charge is -2.09. The number of nitrogens with zero attached hydrogens (tertiary/aromatic N) is 5. The number of para-hydroxylation sites is 1. The van der Waals surface area contributed by atoms with E-state index in [0.717, 1.165) is 17.7 Å². The average molecular weight is 401 g/mol. The maximum Gasteiger partial charge on any atom is 0.259 e. The van der Waals surface area contributed by atoms with Crippen LogP contribution in [0.5, 0.6) is 0 Å². The van der Waals surface area contributed by atoms with Crippen molar-refractivity contribution in [2.45, 2.75) is 33.7 Å². The van der Waals surface area contributed by atoms with Crippen LogP contribution in [-0.2, 0) is 17.8 Å². The van der Waals surface area contributed by atoms with Gasteiger partial charge in [0.15, 0.2) is 0 Å². The third kappa shape index (κ3) is 4.11. The number of rotatable bonds is 8. The van der Waals surface area contributed by atoms with Gasteiger partial charge in [-0.05, 0) is 44.1 Å². The highest BCUT2D eigenvalue weighted by molar-refractivity contribution is 7.71. The molecule has 0 bridgehead atoms. The number of nitrogens with one attached hydrogen (secondary N) is 3. The van der Waals surface area contributed by atoms with Gasteiger partial charge in [0.2, 0.25) is 22.6 Å². The average Bonchev–Trinajstić information content (AvgIpc) is 2.98. The monoisotopic (exact) mass is 400 g/mol. The summed E-state index contributed by atoms with van der Waals surface area (Å²) >= 11 is 5.51. The van der Waals surface area contributed by atoms with Crippen molar-refractivity contribution in [3.63, 3.8) is 0 Å². The molecule has 2 heterocycles. The van der Waals surface area contributed by atoms with Gasteiger partial charge in [-0.3, -0.25) is 4.79 Å². The Morgan fingerprint density at radius 2 is 1.86 bits per heavy atom. The van der Waals surface area contributed by atoms with Crippen molar-refractivity contribution in [1.29, 1.82) is 0 Å². The largest absolute Gasteiger partial charge is 0.355 e. The molecule has 0 aliphatic rings. The number of anilines is 3. The summed E-state index contributed by atoms with van der Waals surface area (Å²) in [6.45, 7) is 7.31. The van der Waals surface area contributed by atoms with Crippen LogP contribution < -0.4 is 16.0 Å². The molecule has 0 atom stereocenters. The third-order valence-corrected chi connectivity index (χ3v) is 4.48. The van der Waals surface area contributed by atoms with Crippen molar-refractivity contribution in [3.05, 3.63) is 34.6 Å². The summed E-state index contributed by atoms with van der Waals surface area (Å²) in [5, 5.41) is 13.6. The maximum absolute atomic E-state index is 12.6. The highest BCUT2D eigenvalue weighted by Gasteiger charge is 2.15. The molecule has 0 unspecified atom stereocenters. The molecule has 0 saturated heterocycles. The van der Waals surface area contributed by atoms with Crippen LogP contribution >= 0.6 is 12.2 Å². The Hall–Kier alpha value is -3.01. The second kappa shape index (κ2) is 8.79. The molecule has 2 aromatic heterocycles. The standard InChI is InChI=1S/C18H24N8OS/c1-4-12-9-7-8-10-13(12)21-14(27)11-25-18(28)26-16(20-6-3)22-15(19-5-2)23-17(26)24-25/h7-10H,4-6,11H2,1-3H3,(H,21,27)(H2,19,20,22,23,24). The lowest BCUT2D eigenvalue weighted by molar-refractivity contribution is -0.116. The van der Waals surface area contributed by atoms with Crippen molar-refractivity contribution in [3.8, 4) is 0 Å². The first-order chi connectivity index (χ1) is 13.6. The van der Waals surface area contributed by atoms with E-state index in [1.807, 2.05) is 45.0 Å². The third-order valence-electron chi connectivity index (χ3n) is 4.09. The van der Waals surface area contributed by atoms with Gasteiger partial charge in [-0.2, -0.15) is 9.97 Å². The minimum Gasteiger partial charge on any atom is -0.355 e. The van der Waals surface area contributed by atoms with Crippen LogP contribution in [0.1, 0.15) is 26.3 Å². The normalized spacial score (nSPS) is 10.8. The zero-order chi connectivity index (χ0) is 20.1. The number of aryl methyl sites for hydroxylation is 1. The topological polar surface area (TPSA) is 101 Å².